The van der Waals surface area contributed by atoms with Gasteiger partial charge in [0.25, 0.3) is 5.91 Å². The molecule has 2 aromatic rings. The lowest BCUT2D eigenvalue weighted by Gasteiger charge is -2.07. The van der Waals surface area contributed by atoms with Crippen molar-refractivity contribution in [2.45, 2.75) is 6.92 Å². The van der Waals surface area contributed by atoms with Crippen LogP contribution in [0.4, 0.5) is 11.4 Å². The van der Waals surface area contributed by atoms with E-state index in [0.29, 0.717) is 11.3 Å². The molecule has 5 heteroatoms. The summed E-state index contributed by atoms with van der Waals surface area (Å²) >= 11 is 0. The Balaban J connectivity index is 2.19. The van der Waals surface area contributed by atoms with E-state index in [1.165, 1.54) is 12.5 Å². The van der Waals surface area contributed by atoms with Gasteiger partial charge in [0.15, 0.2) is 0 Å². The van der Waals surface area contributed by atoms with Crippen LogP contribution in [0.5, 0.6) is 0 Å². The Labute approximate surface area is 98.8 Å². The molecule has 88 valence electrons. The fourth-order valence-corrected chi connectivity index (χ4v) is 1.54. The van der Waals surface area contributed by atoms with E-state index in [4.69, 9.17) is 0 Å². The number of carbonyl (C=O) groups is 1. The van der Waals surface area contributed by atoms with Gasteiger partial charge in [-0.25, -0.2) is 0 Å². The molecule has 0 radical (unpaired) electrons. The van der Waals surface area contributed by atoms with Crippen molar-refractivity contribution in [2.75, 3.05) is 17.7 Å². The zero-order valence-corrected chi connectivity index (χ0v) is 9.65. The molecule has 5 nitrogen and oxygen atoms in total. The minimum Gasteiger partial charge on any atom is -0.388 e. The molecule has 0 aliphatic heterocycles. The minimum absolute atomic E-state index is 0.173. The SMILES string of the molecule is CNc1ccc(C(=O)Nc2cnoc2)c(C)c1. The fraction of sp³-hybridized carbons (Fsp3) is 0.167. The molecule has 1 aromatic carbocycles. The van der Waals surface area contributed by atoms with E-state index in [2.05, 4.69) is 20.3 Å². The Morgan fingerprint density at radius 1 is 1.35 bits per heavy atom. The van der Waals surface area contributed by atoms with Crippen molar-refractivity contribution >= 4 is 17.3 Å². The zero-order valence-electron chi connectivity index (χ0n) is 9.65. The van der Waals surface area contributed by atoms with Gasteiger partial charge in [0.1, 0.15) is 12.0 Å². The summed E-state index contributed by atoms with van der Waals surface area (Å²) in [5.74, 6) is -0.173. The molecular formula is C12H13N3O2. The highest BCUT2D eigenvalue weighted by Crippen LogP contribution is 2.16. The number of benzene rings is 1. The first kappa shape index (κ1) is 11.2. The molecule has 0 bridgehead atoms. The molecule has 0 saturated heterocycles. The Morgan fingerprint density at radius 3 is 2.76 bits per heavy atom. The number of aromatic nitrogens is 1. The monoisotopic (exact) mass is 231 g/mol. The number of nitrogens with one attached hydrogen (secondary N) is 2. The number of anilines is 2. The zero-order chi connectivity index (χ0) is 12.3. The third kappa shape index (κ3) is 2.44. The molecule has 1 amide bonds. The summed E-state index contributed by atoms with van der Waals surface area (Å²) in [5, 5.41) is 9.24. The maximum absolute atomic E-state index is 11.9. The molecule has 1 heterocycles. The van der Waals surface area contributed by atoms with Crippen LogP contribution in [0.25, 0.3) is 0 Å². The molecule has 0 fully saturated rings. The summed E-state index contributed by atoms with van der Waals surface area (Å²) in [6.45, 7) is 1.89. The minimum atomic E-state index is -0.173. The van der Waals surface area contributed by atoms with E-state index in [0.717, 1.165) is 11.3 Å². The molecule has 0 unspecified atom stereocenters. The topological polar surface area (TPSA) is 67.2 Å². The van der Waals surface area contributed by atoms with Crippen LogP contribution in [0, 0.1) is 6.92 Å². The van der Waals surface area contributed by atoms with E-state index >= 15 is 0 Å². The molecule has 1 aromatic heterocycles. The standard InChI is InChI=1S/C12H13N3O2/c1-8-5-9(13-2)3-4-11(8)12(16)15-10-6-14-17-7-10/h3-7,13H,1-2H3,(H,15,16). The predicted octanol–water partition coefficient (Wildman–Crippen LogP) is 2.28. The highest BCUT2D eigenvalue weighted by atomic mass is 16.5. The second kappa shape index (κ2) is 4.69. The highest BCUT2D eigenvalue weighted by Gasteiger charge is 2.10. The van der Waals surface area contributed by atoms with Crippen molar-refractivity contribution in [3.63, 3.8) is 0 Å². The van der Waals surface area contributed by atoms with Crippen molar-refractivity contribution in [3.05, 3.63) is 41.8 Å². The Kier molecular flexibility index (Phi) is 3.09. The summed E-state index contributed by atoms with van der Waals surface area (Å²) in [4.78, 5) is 11.9. The number of carbonyl (C=O) groups excluding carboxylic acids is 1. The normalized spacial score (nSPS) is 10.0. The predicted molar refractivity (Wildman–Crippen MR) is 65.2 cm³/mol. The van der Waals surface area contributed by atoms with Gasteiger partial charge in [0.05, 0.1) is 6.20 Å². The summed E-state index contributed by atoms with van der Waals surface area (Å²) < 4.78 is 4.64. The van der Waals surface area contributed by atoms with Crippen LogP contribution in [0.3, 0.4) is 0 Å². The Morgan fingerprint density at radius 2 is 2.18 bits per heavy atom. The highest BCUT2D eigenvalue weighted by molar-refractivity contribution is 6.05. The van der Waals surface area contributed by atoms with Gasteiger partial charge in [-0.2, -0.15) is 0 Å². The van der Waals surface area contributed by atoms with Crippen LogP contribution >= 0.6 is 0 Å². The van der Waals surface area contributed by atoms with Crippen molar-refractivity contribution in [2.24, 2.45) is 0 Å². The van der Waals surface area contributed by atoms with Crippen molar-refractivity contribution < 1.29 is 9.32 Å². The molecule has 2 rings (SSSR count). The van der Waals surface area contributed by atoms with Gasteiger partial charge in [-0.3, -0.25) is 4.79 Å². The molecule has 0 saturated carbocycles. The summed E-state index contributed by atoms with van der Waals surface area (Å²) in [7, 11) is 1.84. The fourth-order valence-electron chi connectivity index (χ4n) is 1.54. The lowest BCUT2D eigenvalue weighted by atomic mass is 10.1. The molecule has 0 atom stereocenters. The van der Waals surface area contributed by atoms with Crippen LogP contribution in [0.2, 0.25) is 0 Å². The van der Waals surface area contributed by atoms with Crippen molar-refractivity contribution in [1.82, 2.24) is 5.16 Å². The number of rotatable bonds is 3. The average Bonchev–Trinajstić information content (AvgIpc) is 2.81. The average molecular weight is 231 g/mol. The number of amides is 1. The third-order valence-electron chi connectivity index (χ3n) is 2.45. The summed E-state index contributed by atoms with van der Waals surface area (Å²) in [6.07, 6.45) is 2.84. The summed E-state index contributed by atoms with van der Waals surface area (Å²) in [6, 6.07) is 5.56. The van der Waals surface area contributed by atoms with Crippen molar-refractivity contribution in [3.8, 4) is 0 Å². The van der Waals surface area contributed by atoms with E-state index in [9.17, 15) is 4.79 Å². The first-order chi connectivity index (χ1) is 8.20. The lowest BCUT2D eigenvalue weighted by molar-refractivity contribution is 0.102. The number of hydrogen-bond acceptors (Lipinski definition) is 4. The largest absolute Gasteiger partial charge is 0.388 e. The third-order valence-corrected chi connectivity index (χ3v) is 2.45. The number of nitrogens with zero attached hydrogens (tertiary/aromatic N) is 1. The van der Waals surface area contributed by atoms with Crippen molar-refractivity contribution in [1.29, 1.82) is 0 Å². The van der Waals surface area contributed by atoms with Gasteiger partial charge in [-0.1, -0.05) is 5.16 Å². The second-order valence-electron chi connectivity index (χ2n) is 3.65. The Hall–Kier alpha value is -2.30. The van der Waals surface area contributed by atoms with Gasteiger partial charge >= 0.3 is 0 Å². The molecular weight excluding hydrogens is 218 g/mol. The first-order valence-corrected chi connectivity index (χ1v) is 5.20. The molecule has 17 heavy (non-hydrogen) atoms. The maximum atomic E-state index is 11.9. The van der Waals surface area contributed by atoms with Gasteiger partial charge in [0, 0.05) is 18.3 Å². The van der Waals surface area contributed by atoms with Crippen LogP contribution in [-0.4, -0.2) is 18.1 Å². The smallest absolute Gasteiger partial charge is 0.256 e. The van der Waals surface area contributed by atoms with E-state index in [1.807, 2.05) is 26.1 Å². The molecule has 0 aliphatic rings. The van der Waals surface area contributed by atoms with Crippen LogP contribution < -0.4 is 10.6 Å². The van der Waals surface area contributed by atoms with Gasteiger partial charge in [0.2, 0.25) is 0 Å². The van der Waals surface area contributed by atoms with Crippen LogP contribution in [-0.2, 0) is 0 Å². The Bertz CT molecular complexity index is 521. The quantitative estimate of drug-likeness (QED) is 0.850. The van der Waals surface area contributed by atoms with Gasteiger partial charge in [-0.15, -0.1) is 0 Å². The molecule has 0 spiro atoms. The number of hydrogen-bond donors (Lipinski definition) is 2. The van der Waals surface area contributed by atoms with Crippen LogP contribution in [0.1, 0.15) is 15.9 Å². The first-order valence-electron chi connectivity index (χ1n) is 5.20. The lowest BCUT2D eigenvalue weighted by Crippen LogP contribution is -2.13. The van der Waals surface area contributed by atoms with Crippen LogP contribution in [0.15, 0.2) is 35.2 Å². The maximum Gasteiger partial charge on any atom is 0.256 e. The van der Waals surface area contributed by atoms with Gasteiger partial charge in [-0.05, 0) is 30.7 Å². The van der Waals surface area contributed by atoms with E-state index in [1.54, 1.807) is 6.07 Å². The summed E-state index contributed by atoms with van der Waals surface area (Å²) in [5.41, 5.74) is 3.06. The van der Waals surface area contributed by atoms with E-state index in [-0.39, 0.29) is 5.91 Å². The molecule has 0 aliphatic carbocycles. The second-order valence-corrected chi connectivity index (χ2v) is 3.65. The molecule has 2 N–H and O–H groups in total. The number of aryl methyl sites for hydroxylation is 1. The van der Waals surface area contributed by atoms with Gasteiger partial charge < -0.3 is 15.2 Å². The van der Waals surface area contributed by atoms with E-state index < -0.39 is 0 Å².